The summed E-state index contributed by atoms with van der Waals surface area (Å²) < 4.78 is 6.66. The van der Waals surface area contributed by atoms with Crippen molar-refractivity contribution in [2.75, 3.05) is 7.05 Å². The smallest absolute Gasteiger partial charge is 0.143 e. The summed E-state index contributed by atoms with van der Waals surface area (Å²) in [7, 11) is 1.96. The average molecular weight is 620 g/mol. The number of hydrogen-bond donors (Lipinski definition) is 2. The van der Waals surface area contributed by atoms with Crippen LogP contribution in [0.1, 0.15) is 29.2 Å². The second-order valence-electron chi connectivity index (χ2n) is 12.5. The third-order valence-electron chi connectivity index (χ3n) is 9.79. The van der Waals surface area contributed by atoms with Crippen LogP contribution in [0, 0.1) is 0 Å². The van der Waals surface area contributed by atoms with Crippen molar-refractivity contribution < 1.29 is 4.42 Å². The molecule has 9 rings (SSSR count). The zero-order valence-corrected chi connectivity index (χ0v) is 26.8. The average Bonchev–Trinajstić information content (AvgIpc) is 3.78. The van der Waals surface area contributed by atoms with Gasteiger partial charge >= 0.3 is 0 Å². The van der Waals surface area contributed by atoms with Crippen molar-refractivity contribution in [3.63, 3.8) is 0 Å². The Balaban J connectivity index is 1.32. The molecule has 4 nitrogen and oxygen atoms in total. The summed E-state index contributed by atoms with van der Waals surface area (Å²) in [5.74, 6) is 0. The maximum Gasteiger partial charge on any atom is 0.143 e. The SMILES string of the molecule is CN/C(=C/C=C/C(=N/C1(C)c2ccc3c(oc4ccccc43)c2-c2ccc3c([nH]c4ccccc43)c21)c1ccccc1)c1ccccc1. The molecule has 2 N–H and O–H groups in total. The predicted molar refractivity (Wildman–Crippen MR) is 201 cm³/mol. The first-order valence-electron chi connectivity index (χ1n) is 16.4. The standard InChI is InChI=1S/C44H33N3O/c1-44(47-37(29-16-7-4-8-17-29)22-13-21-36(45-2)28-14-5-3-6-15-28)35-27-26-33-31-19-10-12-23-39(31)48-43(33)40(35)34-25-24-32-30-18-9-11-20-38(30)46-42(32)41(34)44/h3-27,45-46H,1-2H3/b22-13+,36-21+,47-37-. The number of furan rings is 1. The number of rotatable bonds is 6. The van der Waals surface area contributed by atoms with Crippen molar-refractivity contribution in [3.05, 3.63) is 174 Å². The second kappa shape index (κ2) is 11.0. The van der Waals surface area contributed by atoms with E-state index in [9.17, 15) is 0 Å². The molecular formula is C44H33N3O. The Kier molecular flexibility index (Phi) is 6.44. The summed E-state index contributed by atoms with van der Waals surface area (Å²) in [6.07, 6.45) is 6.33. The number of H-pyrrole nitrogens is 1. The first-order chi connectivity index (χ1) is 23.6. The number of benzene rings is 6. The number of allylic oxidation sites excluding steroid dienone is 3. The van der Waals surface area contributed by atoms with E-state index in [2.05, 4.69) is 151 Å². The van der Waals surface area contributed by atoms with E-state index in [1.54, 1.807) is 0 Å². The molecule has 8 aromatic rings. The molecule has 1 unspecified atom stereocenters. The van der Waals surface area contributed by atoms with Gasteiger partial charge in [-0.2, -0.15) is 0 Å². The molecule has 1 aliphatic rings. The van der Waals surface area contributed by atoms with Crippen LogP contribution in [0.25, 0.3) is 60.6 Å². The molecule has 0 aliphatic heterocycles. The summed E-state index contributed by atoms with van der Waals surface area (Å²) in [5.41, 5.74) is 12.0. The fraction of sp³-hybridized carbons (Fsp3) is 0.0682. The molecule has 0 fully saturated rings. The lowest BCUT2D eigenvalue weighted by Gasteiger charge is -2.25. The first kappa shape index (κ1) is 28.1. The highest BCUT2D eigenvalue weighted by Gasteiger charge is 2.43. The summed E-state index contributed by atoms with van der Waals surface area (Å²) in [6.45, 7) is 2.26. The lowest BCUT2D eigenvalue weighted by molar-refractivity contribution is 0.627. The van der Waals surface area contributed by atoms with Gasteiger partial charge in [0, 0.05) is 50.9 Å². The molecule has 0 radical (unpaired) electrons. The minimum Gasteiger partial charge on any atom is -0.455 e. The summed E-state index contributed by atoms with van der Waals surface area (Å²) in [5, 5.41) is 8.00. The van der Waals surface area contributed by atoms with Crippen LogP contribution < -0.4 is 5.32 Å². The molecule has 6 aromatic carbocycles. The third-order valence-corrected chi connectivity index (χ3v) is 9.79. The van der Waals surface area contributed by atoms with Crippen LogP contribution in [0.2, 0.25) is 0 Å². The van der Waals surface area contributed by atoms with Crippen LogP contribution >= 0.6 is 0 Å². The number of nitrogens with zero attached hydrogens (tertiary/aromatic N) is 1. The topological polar surface area (TPSA) is 53.3 Å². The van der Waals surface area contributed by atoms with Crippen LogP contribution in [0.15, 0.2) is 161 Å². The van der Waals surface area contributed by atoms with Gasteiger partial charge < -0.3 is 14.7 Å². The van der Waals surface area contributed by atoms with Gasteiger partial charge in [-0.05, 0) is 53.5 Å². The predicted octanol–water partition coefficient (Wildman–Crippen LogP) is 10.8. The number of para-hydroxylation sites is 2. The Labute approximate surface area is 278 Å². The summed E-state index contributed by atoms with van der Waals surface area (Å²) in [6, 6.07) is 46.7. The molecule has 0 bridgehead atoms. The van der Waals surface area contributed by atoms with Gasteiger partial charge in [0.25, 0.3) is 0 Å². The van der Waals surface area contributed by atoms with E-state index in [1.165, 1.54) is 10.8 Å². The molecule has 230 valence electrons. The molecule has 0 saturated heterocycles. The van der Waals surface area contributed by atoms with Crippen molar-refractivity contribution >= 4 is 55.2 Å². The van der Waals surface area contributed by atoms with Crippen LogP contribution in [0.5, 0.6) is 0 Å². The largest absolute Gasteiger partial charge is 0.455 e. The highest BCUT2D eigenvalue weighted by atomic mass is 16.3. The Morgan fingerprint density at radius 1 is 0.708 bits per heavy atom. The normalized spacial score (nSPS) is 16.4. The molecule has 1 aliphatic carbocycles. The number of aromatic amines is 1. The van der Waals surface area contributed by atoms with E-state index in [4.69, 9.17) is 9.41 Å². The zero-order valence-electron chi connectivity index (χ0n) is 26.8. The number of nitrogens with one attached hydrogen (secondary N) is 2. The summed E-state index contributed by atoms with van der Waals surface area (Å²) >= 11 is 0. The van der Waals surface area contributed by atoms with Gasteiger partial charge in [0.15, 0.2) is 0 Å². The Hall–Kier alpha value is -6.13. The number of aliphatic imine (C=N–C) groups is 1. The second-order valence-corrected chi connectivity index (χ2v) is 12.5. The molecule has 4 heteroatoms. The molecule has 0 saturated carbocycles. The van der Waals surface area contributed by atoms with Gasteiger partial charge in [0.1, 0.15) is 16.7 Å². The Morgan fingerprint density at radius 3 is 2.19 bits per heavy atom. The van der Waals surface area contributed by atoms with E-state index < -0.39 is 5.54 Å². The van der Waals surface area contributed by atoms with Gasteiger partial charge in [-0.15, -0.1) is 0 Å². The maximum absolute atomic E-state index is 6.66. The van der Waals surface area contributed by atoms with E-state index in [-0.39, 0.29) is 0 Å². The third kappa shape index (κ3) is 4.26. The van der Waals surface area contributed by atoms with Crippen LogP contribution in [-0.4, -0.2) is 17.7 Å². The number of aromatic nitrogens is 1. The van der Waals surface area contributed by atoms with Gasteiger partial charge in [-0.1, -0.05) is 127 Å². The fourth-order valence-electron chi connectivity index (χ4n) is 7.57. The van der Waals surface area contributed by atoms with E-state index in [0.29, 0.717) is 0 Å². The van der Waals surface area contributed by atoms with Crippen molar-refractivity contribution in [1.29, 1.82) is 0 Å². The lowest BCUT2D eigenvalue weighted by atomic mass is 9.88. The molecule has 1 atom stereocenters. The van der Waals surface area contributed by atoms with Gasteiger partial charge in [0.2, 0.25) is 0 Å². The Bertz CT molecular complexity index is 2600. The van der Waals surface area contributed by atoms with Crippen LogP contribution in [0.3, 0.4) is 0 Å². The van der Waals surface area contributed by atoms with E-state index >= 15 is 0 Å². The van der Waals surface area contributed by atoms with Crippen molar-refractivity contribution in [1.82, 2.24) is 10.3 Å². The fourth-order valence-corrected chi connectivity index (χ4v) is 7.57. The minimum absolute atomic E-state index is 0.720. The zero-order chi connectivity index (χ0) is 32.2. The van der Waals surface area contributed by atoms with Crippen molar-refractivity contribution in [2.45, 2.75) is 12.5 Å². The highest BCUT2D eigenvalue weighted by Crippen LogP contribution is 2.56. The summed E-state index contributed by atoms with van der Waals surface area (Å²) in [4.78, 5) is 9.56. The molecule has 2 heterocycles. The number of hydrogen-bond acceptors (Lipinski definition) is 3. The van der Waals surface area contributed by atoms with Crippen LogP contribution in [-0.2, 0) is 5.54 Å². The van der Waals surface area contributed by atoms with Gasteiger partial charge in [-0.25, -0.2) is 0 Å². The monoisotopic (exact) mass is 619 g/mol. The minimum atomic E-state index is -0.720. The van der Waals surface area contributed by atoms with E-state index in [1.807, 2.05) is 25.2 Å². The molecule has 0 spiro atoms. The van der Waals surface area contributed by atoms with Crippen molar-refractivity contribution in [3.8, 4) is 11.1 Å². The van der Waals surface area contributed by atoms with Gasteiger partial charge in [-0.3, -0.25) is 4.99 Å². The molecule has 0 amide bonds. The lowest BCUT2D eigenvalue weighted by Crippen LogP contribution is -2.21. The molecule has 2 aromatic heterocycles. The molecular weight excluding hydrogens is 587 g/mol. The molecule has 48 heavy (non-hydrogen) atoms. The first-order valence-corrected chi connectivity index (χ1v) is 16.4. The maximum atomic E-state index is 6.66. The van der Waals surface area contributed by atoms with Crippen LogP contribution in [0.4, 0.5) is 0 Å². The van der Waals surface area contributed by atoms with E-state index in [0.717, 1.165) is 77.8 Å². The Morgan fingerprint density at radius 2 is 1.40 bits per heavy atom. The quantitative estimate of drug-likeness (QED) is 0.144. The highest BCUT2D eigenvalue weighted by molar-refractivity contribution is 6.16. The number of fused-ring (bicyclic) bond motifs is 11. The van der Waals surface area contributed by atoms with Gasteiger partial charge in [0.05, 0.1) is 11.2 Å². The van der Waals surface area contributed by atoms with Crippen molar-refractivity contribution in [2.24, 2.45) is 4.99 Å².